The zero-order valence-corrected chi connectivity index (χ0v) is 14.2. The van der Waals surface area contributed by atoms with Gasteiger partial charge in [0.05, 0.1) is 17.6 Å². The highest BCUT2D eigenvalue weighted by atomic mass is 32.1. The van der Waals surface area contributed by atoms with Crippen molar-refractivity contribution < 1.29 is 19.4 Å². The van der Waals surface area contributed by atoms with Gasteiger partial charge in [0.2, 0.25) is 0 Å². The zero-order chi connectivity index (χ0) is 17.1. The molecule has 0 aliphatic carbocycles. The third-order valence-electron chi connectivity index (χ3n) is 4.28. The Labute approximate surface area is 144 Å². The Kier molecular flexibility index (Phi) is 4.85. The van der Waals surface area contributed by atoms with Crippen LogP contribution in [0.3, 0.4) is 0 Å². The summed E-state index contributed by atoms with van der Waals surface area (Å²) >= 11 is 1.43. The smallest absolute Gasteiger partial charge is 0.257 e. The highest BCUT2D eigenvalue weighted by molar-refractivity contribution is 7.12. The standard InChI is InChI=1S/C18H19NO4S/c1-23-13-6-7-14(15(20)10-13)18(22)19-8-2-4-12(11-19)17(21)16-5-3-9-24-16/h3,5-7,9-10,12,20H,2,4,8,11H2,1H3/t12-/m0/s1. The minimum absolute atomic E-state index is 0.0986. The van der Waals surface area contributed by atoms with Crippen LogP contribution in [-0.4, -0.2) is 41.9 Å². The van der Waals surface area contributed by atoms with E-state index in [9.17, 15) is 14.7 Å². The predicted molar refractivity (Wildman–Crippen MR) is 91.9 cm³/mol. The normalized spacial score (nSPS) is 17.5. The molecule has 1 aromatic carbocycles. The highest BCUT2D eigenvalue weighted by Gasteiger charge is 2.30. The highest BCUT2D eigenvalue weighted by Crippen LogP contribution is 2.28. The molecule has 1 N–H and O–H groups in total. The van der Waals surface area contributed by atoms with E-state index in [1.165, 1.54) is 24.5 Å². The van der Waals surface area contributed by atoms with E-state index in [2.05, 4.69) is 0 Å². The zero-order valence-electron chi connectivity index (χ0n) is 13.4. The molecular formula is C18H19NO4S. The number of Topliss-reactive ketones (excluding diaryl/α,β-unsaturated/α-hetero) is 1. The third kappa shape index (κ3) is 3.28. The first-order chi connectivity index (χ1) is 11.6. The van der Waals surface area contributed by atoms with Crippen molar-refractivity contribution in [2.45, 2.75) is 12.8 Å². The van der Waals surface area contributed by atoms with Crippen LogP contribution in [0.15, 0.2) is 35.7 Å². The van der Waals surface area contributed by atoms with E-state index >= 15 is 0 Å². The van der Waals surface area contributed by atoms with Crippen LogP contribution in [0.2, 0.25) is 0 Å². The monoisotopic (exact) mass is 345 g/mol. The summed E-state index contributed by atoms with van der Waals surface area (Å²) in [5, 5.41) is 11.9. The number of ketones is 1. The third-order valence-corrected chi connectivity index (χ3v) is 5.16. The number of nitrogens with zero attached hydrogens (tertiary/aromatic N) is 1. The summed E-state index contributed by atoms with van der Waals surface area (Å²) in [6.45, 7) is 0.986. The predicted octanol–water partition coefficient (Wildman–Crippen LogP) is 3.20. The molecule has 24 heavy (non-hydrogen) atoms. The molecule has 3 rings (SSSR count). The molecule has 1 amide bonds. The first-order valence-electron chi connectivity index (χ1n) is 7.84. The van der Waals surface area contributed by atoms with Gasteiger partial charge in [0.15, 0.2) is 5.78 Å². The number of hydrogen-bond donors (Lipinski definition) is 1. The number of thiophene rings is 1. The molecule has 2 aromatic rings. The molecule has 1 fully saturated rings. The molecule has 5 nitrogen and oxygen atoms in total. The van der Waals surface area contributed by atoms with Gasteiger partial charge >= 0.3 is 0 Å². The fourth-order valence-corrected chi connectivity index (χ4v) is 3.73. The van der Waals surface area contributed by atoms with E-state index in [1.54, 1.807) is 17.0 Å². The molecule has 1 aromatic heterocycles. The summed E-state index contributed by atoms with van der Waals surface area (Å²) in [4.78, 5) is 27.6. The van der Waals surface area contributed by atoms with E-state index in [0.717, 1.165) is 17.7 Å². The number of likely N-dealkylation sites (tertiary alicyclic amines) is 1. The Balaban J connectivity index is 1.74. The number of hydrogen-bond acceptors (Lipinski definition) is 5. The first-order valence-corrected chi connectivity index (χ1v) is 8.72. The SMILES string of the molecule is COc1ccc(C(=O)N2CCC[C@H](C(=O)c3cccs3)C2)c(O)c1. The van der Waals surface area contributed by atoms with Crippen molar-refractivity contribution in [1.82, 2.24) is 4.90 Å². The molecule has 0 bridgehead atoms. The number of carbonyl (C=O) groups is 2. The number of ether oxygens (including phenoxy) is 1. The molecular weight excluding hydrogens is 326 g/mol. The van der Waals surface area contributed by atoms with Crippen molar-refractivity contribution in [3.63, 3.8) is 0 Å². The van der Waals surface area contributed by atoms with E-state index in [0.29, 0.717) is 18.8 Å². The first kappa shape index (κ1) is 16.5. The van der Waals surface area contributed by atoms with Gasteiger partial charge < -0.3 is 14.7 Å². The molecule has 1 atom stereocenters. The Bertz CT molecular complexity index is 741. The van der Waals surface area contributed by atoms with Crippen LogP contribution in [0, 0.1) is 5.92 Å². The summed E-state index contributed by atoms with van der Waals surface area (Å²) in [6, 6.07) is 8.31. The lowest BCUT2D eigenvalue weighted by Crippen LogP contribution is -2.42. The lowest BCUT2D eigenvalue weighted by Gasteiger charge is -2.32. The Morgan fingerprint density at radius 2 is 2.17 bits per heavy atom. The maximum atomic E-state index is 12.7. The second-order valence-electron chi connectivity index (χ2n) is 5.81. The van der Waals surface area contributed by atoms with Gasteiger partial charge in [-0.15, -0.1) is 11.3 Å². The fourth-order valence-electron chi connectivity index (χ4n) is 2.99. The van der Waals surface area contributed by atoms with E-state index in [-0.39, 0.29) is 28.9 Å². The van der Waals surface area contributed by atoms with Crippen LogP contribution >= 0.6 is 11.3 Å². The molecule has 0 saturated carbocycles. The van der Waals surface area contributed by atoms with Crippen molar-refractivity contribution in [2.24, 2.45) is 5.92 Å². The Hall–Kier alpha value is -2.34. The fraction of sp³-hybridized carbons (Fsp3) is 0.333. The lowest BCUT2D eigenvalue weighted by molar-refractivity contribution is 0.0636. The number of rotatable bonds is 4. The van der Waals surface area contributed by atoms with Crippen molar-refractivity contribution in [3.8, 4) is 11.5 Å². The molecule has 1 aliphatic heterocycles. The molecule has 0 unspecified atom stereocenters. The van der Waals surface area contributed by atoms with Crippen molar-refractivity contribution in [1.29, 1.82) is 0 Å². The second-order valence-corrected chi connectivity index (χ2v) is 6.76. The quantitative estimate of drug-likeness (QED) is 0.864. The minimum Gasteiger partial charge on any atom is -0.507 e. The largest absolute Gasteiger partial charge is 0.507 e. The number of phenols is 1. The van der Waals surface area contributed by atoms with Gasteiger partial charge in [0.25, 0.3) is 5.91 Å². The van der Waals surface area contributed by atoms with Gasteiger partial charge in [-0.1, -0.05) is 6.07 Å². The van der Waals surface area contributed by atoms with Crippen LogP contribution < -0.4 is 4.74 Å². The molecule has 126 valence electrons. The van der Waals surface area contributed by atoms with Gasteiger partial charge in [0.1, 0.15) is 11.5 Å². The topological polar surface area (TPSA) is 66.8 Å². The van der Waals surface area contributed by atoms with Crippen LogP contribution in [0.25, 0.3) is 0 Å². The van der Waals surface area contributed by atoms with Gasteiger partial charge in [-0.3, -0.25) is 9.59 Å². The summed E-state index contributed by atoms with van der Waals surface area (Å²) in [5.74, 6) is 0.0570. The molecule has 1 aliphatic rings. The maximum Gasteiger partial charge on any atom is 0.257 e. The second kappa shape index (κ2) is 7.05. The van der Waals surface area contributed by atoms with Crippen LogP contribution in [0.5, 0.6) is 11.5 Å². The average molecular weight is 345 g/mol. The van der Waals surface area contributed by atoms with Crippen LogP contribution in [-0.2, 0) is 0 Å². The number of carbonyl (C=O) groups excluding carboxylic acids is 2. The summed E-state index contributed by atoms with van der Waals surface area (Å²) in [7, 11) is 1.50. The number of benzene rings is 1. The number of methoxy groups -OCH3 is 1. The van der Waals surface area contributed by atoms with Gasteiger partial charge in [-0.05, 0) is 36.4 Å². The van der Waals surface area contributed by atoms with E-state index < -0.39 is 0 Å². The number of aromatic hydroxyl groups is 1. The molecule has 0 radical (unpaired) electrons. The van der Waals surface area contributed by atoms with Crippen molar-refractivity contribution in [2.75, 3.05) is 20.2 Å². The average Bonchev–Trinajstić information content (AvgIpc) is 3.15. The van der Waals surface area contributed by atoms with Crippen molar-refractivity contribution in [3.05, 3.63) is 46.2 Å². The van der Waals surface area contributed by atoms with Gasteiger partial charge in [0, 0.05) is 25.1 Å². The van der Waals surface area contributed by atoms with Crippen LogP contribution in [0.4, 0.5) is 0 Å². The summed E-state index contributed by atoms with van der Waals surface area (Å²) in [5.41, 5.74) is 0.236. The van der Waals surface area contributed by atoms with Gasteiger partial charge in [-0.2, -0.15) is 0 Å². The molecule has 0 spiro atoms. The Morgan fingerprint density at radius 3 is 2.83 bits per heavy atom. The Morgan fingerprint density at radius 1 is 1.33 bits per heavy atom. The number of piperidine rings is 1. The summed E-state index contributed by atoms with van der Waals surface area (Å²) in [6.07, 6.45) is 1.57. The van der Waals surface area contributed by atoms with Crippen LogP contribution in [0.1, 0.15) is 32.9 Å². The molecule has 2 heterocycles. The maximum absolute atomic E-state index is 12.7. The van der Waals surface area contributed by atoms with Gasteiger partial charge in [-0.25, -0.2) is 0 Å². The molecule has 6 heteroatoms. The minimum atomic E-state index is -0.251. The van der Waals surface area contributed by atoms with E-state index in [4.69, 9.17) is 4.74 Å². The van der Waals surface area contributed by atoms with Crippen molar-refractivity contribution >= 4 is 23.0 Å². The van der Waals surface area contributed by atoms with E-state index in [1.807, 2.05) is 17.5 Å². The lowest BCUT2D eigenvalue weighted by atomic mass is 9.92. The number of amides is 1. The molecule has 1 saturated heterocycles. The number of phenolic OH excluding ortho intramolecular Hbond substituents is 1. The summed E-state index contributed by atoms with van der Waals surface area (Å²) < 4.78 is 5.04.